The van der Waals surface area contributed by atoms with Crippen LogP contribution in [0, 0.1) is 31.1 Å². The Morgan fingerprint density at radius 2 is 1.81 bits per heavy atom. The predicted octanol–water partition coefficient (Wildman–Crippen LogP) is 2.03. The van der Waals surface area contributed by atoms with E-state index in [9.17, 15) is 9.59 Å². The van der Waals surface area contributed by atoms with Crippen molar-refractivity contribution in [1.29, 1.82) is 0 Å². The Kier molecular flexibility index (Phi) is 5.58. The minimum atomic E-state index is -0.124. The lowest BCUT2D eigenvalue weighted by Gasteiger charge is -2.39. The molecule has 2 aliphatic heterocycles. The zero-order valence-electron chi connectivity index (χ0n) is 17.4. The van der Waals surface area contributed by atoms with Crippen molar-refractivity contribution in [2.24, 2.45) is 17.3 Å². The van der Waals surface area contributed by atoms with Gasteiger partial charge in [-0.25, -0.2) is 9.67 Å². The van der Waals surface area contributed by atoms with Gasteiger partial charge in [0.2, 0.25) is 11.8 Å². The summed E-state index contributed by atoms with van der Waals surface area (Å²) in [5, 5.41) is 4.37. The molecule has 0 unspecified atom stereocenters. The molecule has 2 aliphatic rings. The number of hydrogen-bond donors (Lipinski definition) is 0. The van der Waals surface area contributed by atoms with E-state index in [-0.39, 0.29) is 23.1 Å². The summed E-state index contributed by atoms with van der Waals surface area (Å²) in [6, 6.07) is 0. The van der Waals surface area contributed by atoms with Gasteiger partial charge in [0.1, 0.15) is 11.6 Å². The van der Waals surface area contributed by atoms with Gasteiger partial charge in [-0.2, -0.15) is 5.10 Å². The van der Waals surface area contributed by atoms with Gasteiger partial charge in [-0.05, 0) is 32.6 Å². The summed E-state index contributed by atoms with van der Waals surface area (Å²) >= 11 is 0. The third-order valence-electron chi connectivity index (χ3n) is 5.96. The average molecular weight is 376 g/mol. The van der Waals surface area contributed by atoms with Crippen LogP contribution in [0.25, 0.3) is 0 Å². The zero-order chi connectivity index (χ0) is 19.8. The molecule has 2 saturated heterocycles. The monoisotopic (exact) mass is 375 g/mol. The van der Waals surface area contributed by atoms with Crippen LogP contribution in [0.15, 0.2) is 0 Å². The Morgan fingerprint density at radius 3 is 2.37 bits per heavy atom. The molecule has 7 heteroatoms. The quantitative estimate of drug-likeness (QED) is 0.789. The number of likely N-dealkylation sites (tertiary alicyclic amines) is 2. The van der Waals surface area contributed by atoms with Crippen LogP contribution >= 0.6 is 0 Å². The van der Waals surface area contributed by atoms with E-state index in [0.29, 0.717) is 18.9 Å². The number of piperidine rings is 1. The molecule has 0 bridgehead atoms. The normalized spacial score (nSPS) is 20.7. The fourth-order valence-electron chi connectivity index (χ4n) is 4.51. The van der Waals surface area contributed by atoms with Crippen molar-refractivity contribution in [3.8, 4) is 0 Å². The highest BCUT2D eigenvalue weighted by atomic mass is 16.2. The third kappa shape index (κ3) is 4.33. The SMILES string of the molecule is Cc1nc(C)n(C[C@H](C)C(=O)N2CCC3(CC2)CC(=O)N(CC(C)C)C3)n1. The second-order valence-electron chi connectivity index (χ2n) is 8.96. The van der Waals surface area contributed by atoms with Crippen LogP contribution in [0.5, 0.6) is 0 Å². The molecule has 27 heavy (non-hydrogen) atoms. The Balaban J connectivity index is 1.55. The first-order valence-corrected chi connectivity index (χ1v) is 10.1. The van der Waals surface area contributed by atoms with Crippen molar-refractivity contribution in [3.05, 3.63) is 11.6 Å². The van der Waals surface area contributed by atoms with Gasteiger partial charge < -0.3 is 9.80 Å². The molecule has 0 saturated carbocycles. The fraction of sp³-hybridized carbons (Fsp3) is 0.800. The maximum absolute atomic E-state index is 12.9. The van der Waals surface area contributed by atoms with E-state index in [1.54, 1.807) is 0 Å². The van der Waals surface area contributed by atoms with Crippen molar-refractivity contribution in [2.75, 3.05) is 26.2 Å². The standard InChI is InChI=1S/C20H33N5O2/c1-14(2)11-24-13-20(10-18(24)26)6-8-23(9-7-20)19(27)15(3)12-25-17(5)21-16(4)22-25/h14-15H,6-13H2,1-5H3/t15-/m0/s1. The number of aromatic nitrogens is 3. The van der Waals surface area contributed by atoms with Crippen molar-refractivity contribution in [3.63, 3.8) is 0 Å². The Bertz CT molecular complexity index is 703. The van der Waals surface area contributed by atoms with E-state index < -0.39 is 0 Å². The van der Waals surface area contributed by atoms with Crippen molar-refractivity contribution >= 4 is 11.8 Å². The Labute approximate surface area is 162 Å². The molecule has 3 rings (SSSR count). The van der Waals surface area contributed by atoms with Crippen LogP contribution < -0.4 is 0 Å². The van der Waals surface area contributed by atoms with Crippen molar-refractivity contribution in [1.82, 2.24) is 24.6 Å². The van der Waals surface area contributed by atoms with Gasteiger partial charge in [0.15, 0.2) is 0 Å². The average Bonchev–Trinajstić information content (AvgIpc) is 3.06. The molecule has 1 spiro atoms. The van der Waals surface area contributed by atoms with Gasteiger partial charge in [0, 0.05) is 38.0 Å². The summed E-state index contributed by atoms with van der Waals surface area (Å²) in [5.74, 6) is 2.43. The Morgan fingerprint density at radius 1 is 1.15 bits per heavy atom. The molecule has 3 heterocycles. The third-order valence-corrected chi connectivity index (χ3v) is 5.96. The summed E-state index contributed by atoms with van der Waals surface area (Å²) in [6.45, 7) is 13.8. The number of hydrogen-bond acceptors (Lipinski definition) is 4. The highest BCUT2D eigenvalue weighted by molar-refractivity contribution is 5.80. The van der Waals surface area contributed by atoms with Crippen LogP contribution in [-0.2, 0) is 16.1 Å². The summed E-state index contributed by atoms with van der Waals surface area (Å²) in [6.07, 6.45) is 2.50. The molecular formula is C20H33N5O2. The zero-order valence-corrected chi connectivity index (χ0v) is 17.4. The molecule has 0 aromatic carbocycles. The van der Waals surface area contributed by atoms with Gasteiger partial charge in [0.25, 0.3) is 0 Å². The van der Waals surface area contributed by atoms with Gasteiger partial charge in [-0.3, -0.25) is 9.59 Å². The lowest BCUT2D eigenvalue weighted by atomic mass is 9.77. The van der Waals surface area contributed by atoms with E-state index in [0.717, 1.165) is 50.7 Å². The molecule has 0 aliphatic carbocycles. The smallest absolute Gasteiger partial charge is 0.227 e. The maximum atomic E-state index is 12.9. The fourth-order valence-corrected chi connectivity index (χ4v) is 4.51. The van der Waals surface area contributed by atoms with Crippen LogP contribution in [-0.4, -0.2) is 62.6 Å². The van der Waals surface area contributed by atoms with Crippen molar-refractivity contribution in [2.45, 2.75) is 60.4 Å². The molecule has 0 radical (unpaired) electrons. The second-order valence-corrected chi connectivity index (χ2v) is 8.96. The maximum Gasteiger partial charge on any atom is 0.227 e. The molecule has 150 valence electrons. The summed E-state index contributed by atoms with van der Waals surface area (Å²) in [7, 11) is 0. The van der Waals surface area contributed by atoms with E-state index in [4.69, 9.17) is 0 Å². The number of amides is 2. The van der Waals surface area contributed by atoms with Crippen LogP contribution in [0.2, 0.25) is 0 Å². The van der Waals surface area contributed by atoms with Gasteiger partial charge in [-0.15, -0.1) is 0 Å². The van der Waals surface area contributed by atoms with Gasteiger partial charge >= 0.3 is 0 Å². The lowest BCUT2D eigenvalue weighted by Crippen LogP contribution is -2.46. The molecule has 1 aromatic rings. The molecule has 1 atom stereocenters. The van der Waals surface area contributed by atoms with Gasteiger partial charge in [0.05, 0.1) is 12.5 Å². The number of rotatable bonds is 5. The molecular weight excluding hydrogens is 342 g/mol. The minimum absolute atomic E-state index is 0.0750. The van der Waals surface area contributed by atoms with Crippen LogP contribution in [0.3, 0.4) is 0 Å². The first-order valence-electron chi connectivity index (χ1n) is 10.1. The summed E-state index contributed by atoms with van der Waals surface area (Å²) in [5.41, 5.74) is 0.0750. The summed E-state index contributed by atoms with van der Waals surface area (Å²) in [4.78, 5) is 33.6. The van der Waals surface area contributed by atoms with Crippen molar-refractivity contribution < 1.29 is 9.59 Å². The minimum Gasteiger partial charge on any atom is -0.342 e. The number of carbonyl (C=O) groups excluding carboxylic acids is 2. The molecule has 1 aromatic heterocycles. The van der Waals surface area contributed by atoms with E-state index in [1.165, 1.54) is 0 Å². The molecule has 0 N–H and O–H groups in total. The molecule has 7 nitrogen and oxygen atoms in total. The topological polar surface area (TPSA) is 71.3 Å². The van der Waals surface area contributed by atoms with E-state index in [1.807, 2.05) is 35.3 Å². The van der Waals surface area contributed by atoms with E-state index in [2.05, 4.69) is 23.9 Å². The van der Waals surface area contributed by atoms with E-state index >= 15 is 0 Å². The van der Waals surface area contributed by atoms with Gasteiger partial charge in [-0.1, -0.05) is 20.8 Å². The molecule has 2 amide bonds. The highest BCUT2D eigenvalue weighted by Crippen LogP contribution is 2.41. The van der Waals surface area contributed by atoms with Crippen LogP contribution in [0.1, 0.15) is 51.7 Å². The Hall–Kier alpha value is -1.92. The highest BCUT2D eigenvalue weighted by Gasteiger charge is 2.45. The summed E-state index contributed by atoms with van der Waals surface area (Å²) < 4.78 is 1.82. The largest absolute Gasteiger partial charge is 0.342 e. The first kappa shape index (κ1) is 19.8. The van der Waals surface area contributed by atoms with Crippen LogP contribution in [0.4, 0.5) is 0 Å². The first-order chi connectivity index (χ1) is 12.7. The molecule has 2 fully saturated rings. The number of nitrogens with zero attached hydrogens (tertiary/aromatic N) is 5. The second kappa shape index (κ2) is 7.60. The predicted molar refractivity (Wildman–Crippen MR) is 103 cm³/mol. The number of carbonyl (C=O) groups is 2. The number of aryl methyl sites for hydroxylation is 2. The lowest BCUT2D eigenvalue weighted by molar-refractivity contribution is -0.137.